The number of hydrogen-bond donors (Lipinski definition) is 2. The van der Waals surface area contributed by atoms with Crippen LogP contribution in [0.15, 0.2) is 24.7 Å². The number of likely N-dealkylation sites (tertiary alicyclic amines) is 1. The Hall–Kier alpha value is -3.03. The van der Waals surface area contributed by atoms with E-state index in [-0.39, 0.29) is 23.1 Å². The van der Waals surface area contributed by atoms with Crippen LogP contribution in [0.1, 0.15) is 18.9 Å². The van der Waals surface area contributed by atoms with Crippen LogP contribution < -0.4 is 5.32 Å². The van der Waals surface area contributed by atoms with E-state index in [0.29, 0.717) is 19.3 Å². The Bertz CT molecular complexity index is 893. The minimum Gasteiger partial charge on any atom is -0.356 e. The van der Waals surface area contributed by atoms with Gasteiger partial charge in [0, 0.05) is 19.3 Å². The summed E-state index contributed by atoms with van der Waals surface area (Å²) in [4.78, 5) is 24.9. The van der Waals surface area contributed by atoms with Gasteiger partial charge in [-0.05, 0) is 25.5 Å². The van der Waals surface area contributed by atoms with Crippen molar-refractivity contribution >= 4 is 11.7 Å². The van der Waals surface area contributed by atoms with Crippen LogP contribution in [0.3, 0.4) is 0 Å². The van der Waals surface area contributed by atoms with Gasteiger partial charge in [-0.1, -0.05) is 0 Å². The highest BCUT2D eigenvalue weighted by Crippen LogP contribution is 2.30. The molecule has 0 bridgehead atoms. The van der Waals surface area contributed by atoms with Crippen molar-refractivity contribution in [3.63, 3.8) is 0 Å². The van der Waals surface area contributed by atoms with E-state index in [1.165, 1.54) is 0 Å². The number of nitrogens with zero attached hydrogens (tertiary/aromatic N) is 4. The van der Waals surface area contributed by atoms with Gasteiger partial charge in [0.2, 0.25) is 5.91 Å². The van der Waals surface area contributed by atoms with E-state index in [0.717, 1.165) is 24.9 Å². The van der Waals surface area contributed by atoms with Gasteiger partial charge in [-0.3, -0.25) is 9.78 Å². The van der Waals surface area contributed by atoms with Gasteiger partial charge in [0.05, 0.1) is 11.3 Å². The Kier molecular flexibility index (Phi) is 7.36. The van der Waals surface area contributed by atoms with E-state index >= 15 is 0 Å². The fraction of sp³-hybridized carbons (Fsp3) is 0.412. The summed E-state index contributed by atoms with van der Waals surface area (Å²) in [6.07, 6.45) is -6.93. The lowest BCUT2D eigenvalue weighted by molar-refractivity contribution is -0.295. The Morgan fingerprint density at radius 1 is 1.13 bits per heavy atom. The number of alkyl halides is 6. The number of nitrogens with one attached hydrogen (secondary N) is 1. The van der Waals surface area contributed by atoms with Crippen molar-refractivity contribution in [3.8, 4) is 11.4 Å². The standard InChI is InChI=1S/C16H15F4N5O.CHF3O/c1-9(15(26)25-5-2-6-25)24-14-12(17)13(22-8-23-14)11-4-3-10(7-21-11)16(18,19)20;2-1(3,4)5/h3-4,7-9H,2,5-6H2,1H3,(H,22,23,24);5H/t9-;/m1./s1. The van der Waals surface area contributed by atoms with E-state index in [4.69, 9.17) is 5.11 Å². The molecule has 3 rings (SSSR count). The highest BCUT2D eigenvalue weighted by atomic mass is 19.4. The number of amides is 1. The first-order valence-corrected chi connectivity index (χ1v) is 8.66. The molecule has 7 nitrogen and oxygen atoms in total. The Labute approximate surface area is 170 Å². The predicted octanol–water partition coefficient (Wildman–Crippen LogP) is 3.23. The first-order chi connectivity index (χ1) is 14.3. The number of anilines is 1. The second kappa shape index (κ2) is 9.41. The molecule has 1 aliphatic heterocycles. The third-order valence-electron chi connectivity index (χ3n) is 4.01. The third kappa shape index (κ3) is 7.01. The van der Waals surface area contributed by atoms with Crippen LogP contribution in [0.5, 0.6) is 0 Å². The maximum atomic E-state index is 14.6. The molecule has 170 valence electrons. The van der Waals surface area contributed by atoms with Crippen LogP contribution >= 0.6 is 0 Å². The second-order valence-electron chi connectivity index (χ2n) is 6.33. The smallest absolute Gasteiger partial charge is 0.356 e. The van der Waals surface area contributed by atoms with Gasteiger partial charge in [-0.15, -0.1) is 13.2 Å². The van der Waals surface area contributed by atoms with Gasteiger partial charge in [0.1, 0.15) is 18.1 Å². The van der Waals surface area contributed by atoms with Crippen molar-refractivity contribution in [2.75, 3.05) is 18.4 Å². The molecule has 2 aromatic heterocycles. The van der Waals surface area contributed by atoms with Gasteiger partial charge in [0.15, 0.2) is 11.6 Å². The minimum absolute atomic E-state index is 0.0670. The van der Waals surface area contributed by atoms with E-state index in [9.17, 15) is 35.5 Å². The SMILES string of the molecule is C[C@@H](Nc1ncnc(-c2ccc(C(F)(F)F)cn2)c1F)C(=O)N1CCC1.OC(F)(F)F. The summed E-state index contributed by atoms with van der Waals surface area (Å²) >= 11 is 0. The molecule has 31 heavy (non-hydrogen) atoms. The number of halogens is 7. The van der Waals surface area contributed by atoms with Crippen molar-refractivity contribution in [2.24, 2.45) is 0 Å². The van der Waals surface area contributed by atoms with Crippen LogP contribution in [-0.4, -0.2) is 56.4 Å². The first kappa shape index (κ1) is 24.2. The molecule has 0 radical (unpaired) electrons. The van der Waals surface area contributed by atoms with Crippen LogP contribution in [0.2, 0.25) is 0 Å². The Morgan fingerprint density at radius 3 is 2.19 bits per heavy atom. The molecule has 3 heterocycles. The molecule has 0 aliphatic carbocycles. The van der Waals surface area contributed by atoms with Crippen molar-refractivity contribution < 1.29 is 40.6 Å². The molecule has 1 aliphatic rings. The number of aliphatic hydroxyl groups is 1. The number of carbonyl (C=O) groups excluding carboxylic acids is 1. The maximum Gasteiger partial charge on any atom is 0.519 e. The van der Waals surface area contributed by atoms with Gasteiger partial charge in [-0.2, -0.15) is 13.2 Å². The van der Waals surface area contributed by atoms with Gasteiger partial charge < -0.3 is 15.3 Å². The minimum atomic E-state index is -5.00. The summed E-state index contributed by atoms with van der Waals surface area (Å²) in [7, 11) is 0. The van der Waals surface area contributed by atoms with E-state index in [1.54, 1.807) is 11.8 Å². The summed E-state index contributed by atoms with van der Waals surface area (Å²) in [5.41, 5.74) is -1.26. The van der Waals surface area contributed by atoms with Crippen molar-refractivity contribution in [2.45, 2.75) is 31.9 Å². The molecule has 1 saturated heterocycles. The zero-order valence-corrected chi connectivity index (χ0v) is 15.8. The quantitative estimate of drug-likeness (QED) is 0.689. The van der Waals surface area contributed by atoms with Gasteiger partial charge in [0.25, 0.3) is 0 Å². The topological polar surface area (TPSA) is 91.2 Å². The lowest BCUT2D eigenvalue weighted by Gasteiger charge is -2.33. The second-order valence-corrected chi connectivity index (χ2v) is 6.33. The molecule has 1 amide bonds. The molecule has 2 aromatic rings. The van der Waals surface area contributed by atoms with Crippen molar-refractivity contribution in [3.05, 3.63) is 36.0 Å². The van der Waals surface area contributed by atoms with Crippen LogP contribution in [0.4, 0.5) is 36.6 Å². The fourth-order valence-electron chi connectivity index (χ4n) is 2.43. The summed E-state index contributed by atoms with van der Waals surface area (Å²) in [6, 6.07) is 1.13. The molecular weight excluding hydrogens is 439 g/mol. The maximum absolute atomic E-state index is 14.6. The molecule has 0 unspecified atom stereocenters. The normalized spacial score (nSPS) is 14.8. The summed E-state index contributed by atoms with van der Waals surface area (Å²) in [5.74, 6) is -1.27. The Morgan fingerprint density at radius 2 is 1.74 bits per heavy atom. The van der Waals surface area contributed by atoms with Crippen LogP contribution in [0.25, 0.3) is 11.4 Å². The first-order valence-electron chi connectivity index (χ1n) is 8.66. The highest BCUT2D eigenvalue weighted by molar-refractivity contribution is 5.84. The average molecular weight is 455 g/mol. The average Bonchev–Trinajstić information content (AvgIpc) is 2.60. The number of pyridine rings is 1. The molecular formula is C17H16F7N5O2. The molecule has 1 atom stereocenters. The lowest BCUT2D eigenvalue weighted by Crippen LogP contribution is -2.48. The zero-order chi connectivity index (χ0) is 23.4. The van der Waals surface area contributed by atoms with Crippen LogP contribution in [0, 0.1) is 5.82 Å². The van der Waals surface area contributed by atoms with Crippen molar-refractivity contribution in [1.29, 1.82) is 0 Å². The molecule has 0 spiro atoms. The van der Waals surface area contributed by atoms with Crippen molar-refractivity contribution in [1.82, 2.24) is 19.9 Å². The monoisotopic (exact) mass is 455 g/mol. The molecule has 14 heteroatoms. The molecule has 2 N–H and O–H groups in total. The summed E-state index contributed by atoms with van der Waals surface area (Å²) in [6.45, 7) is 2.91. The molecule has 0 aromatic carbocycles. The highest BCUT2D eigenvalue weighted by Gasteiger charge is 2.31. The zero-order valence-electron chi connectivity index (χ0n) is 15.8. The summed E-state index contributed by atoms with van der Waals surface area (Å²) in [5, 5.41) is 9.20. The van der Waals surface area contributed by atoms with Gasteiger partial charge >= 0.3 is 12.5 Å². The Balaban J connectivity index is 0.000000614. The number of aromatic nitrogens is 3. The van der Waals surface area contributed by atoms with E-state index in [2.05, 4.69) is 20.3 Å². The van der Waals surface area contributed by atoms with E-state index in [1.807, 2.05) is 0 Å². The van der Waals surface area contributed by atoms with Gasteiger partial charge in [-0.25, -0.2) is 14.4 Å². The number of rotatable bonds is 4. The fourth-order valence-corrected chi connectivity index (χ4v) is 2.43. The van der Waals surface area contributed by atoms with Crippen LogP contribution in [-0.2, 0) is 11.0 Å². The lowest BCUT2D eigenvalue weighted by atomic mass is 10.1. The largest absolute Gasteiger partial charge is 0.519 e. The molecule has 1 fully saturated rings. The van der Waals surface area contributed by atoms with E-state index < -0.39 is 30.0 Å². The number of hydrogen-bond acceptors (Lipinski definition) is 6. The predicted molar refractivity (Wildman–Crippen MR) is 92.8 cm³/mol. The summed E-state index contributed by atoms with van der Waals surface area (Å²) < 4.78 is 82.2. The number of carbonyl (C=O) groups is 1. The molecule has 0 saturated carbocycles. The third-order valence-corrected chi connectivity index (χ3v) is 4.01.